The molecule has 0 aliphatic heterocycles. The molecule has 0 heterocycles. The van der Waals surface area contributed by atoms with E-state index in [1.807, 2.05) is 6.07 Å². The molecule has 0 aliphatic rings. The highest BCUT2D eigenvalue weighted by molar-refractivity contribution is 9.10. The highest BCUT2D eigenvalue weighted by atomic mass is 79.9. The summed E-state index contributed by atoms with van der Waals surface area (Å²) in [6.07, 6.45) is 0. The zero-order valence-electron chi connectivity index (χ0n) is 14.1. The van der Waals surface area contributed by atoms with Crippen molar-refractivity contribution in [3.63, 3.8) is 0 Å². The van der Waals surface area contributed by atoms with E-state index in [0.717, 1.165) is 10.0 Å². The molecule has 0 aliphatic carbocycles. The van der Waals surface area contributed by atoms with E-state index in [9.17, 15) is 14.9 Å². The number of carbonyl (C=O) groups excluding carboxylic acids is 1. The van der Waals surface area contributed by atoms with Gasteiger partial charge in [-0.15, -0.1) is 11.8 Å². The van der Waals surface area contributed by atoms with Crippen LogP contribution in [0, 0.1) is 10.1 Å². The molecular weight excluding hydrogens is 444 g/mol. The summed E-state index contributed by atoms with van der Waals surface area (Å²) in [6, 6.07) is 10.1. The lowest BCUT2D eigenvalue weighted by molar-refractivity contribution is -0.385. The summed E-state index contributed by atoms with van der Waals surface area (Å²) < 4.78 is 5.81. The summed E-state index contributed by atoms with van der Waals surface area (Å²) in [5.74, 6) is 0.799. The van der Waals surface area contributed by atoms with E-state index in [0.29, 0.717) is 16.5 Å². The third-order valence-corrected chi connectivity index (χ3v) is 5.36. The van der Waals surface area contributed by atoms with Crippen LogP contribution in [0.1, 0.15) is 5.56 Å². The molecule has 0 unspecified atom stereocenters. The van der Waals surface area contributed by atoms with E-state index >= 15 is 0 Å². The summed E-state index contributed by atoms with van der Waals surface area (Å²) in [5, 5.41) is 11.5. The maximum atomic E-state index is 12.4. The van der Waals surface area contributed by atoms with Crippen LogP contribution in [0.15, 0.2) is 40.9 Å². The van der Waals surface area contributed by atoms with E-state index in [1.54, 1.807) is 31.3 Å². The second kappa shape index (κ2) is 9.25. The van der Waals surface area contributed by atoms with Crippen molar-refractivity contribution in [1.82, 2.24) is 0 Å². The molecule has 0 saturated carbocycles. The Bertz CT molecular complexity index is 834. The van der Waals surface area contributed by atoms with E-state index in [4.69, 9.17) is 16.3 Å². The van der Waals surface area contributed by atoms with Gasteiger partial charge in [0.2, 0.25) is 5.91 Å². The van der Waals surface area contributed by atoms with Crippen LogP contribution in [-0.2, 0) is 10.5 Å². The summed E-state index contributed by atoms with van der Waals surface area (Å²) in [4.78, 5) is 24.4. The minimum absolute atomic E-state index is 0.0873. The quantitative estimate of drug-likeness (QED) is 0.434. The van der Waals surface area contributed by atoms with Crippen LogP contribution in [0.4, 0.5) is 11.4 Å². The average Bonchev–Trinajstić information content (AvgIpc) is 2.60. The van der Waals surface area contributed by atoms with Crippen LogP contribution in [-0.4, -0.2) is 30.7 Å². The average molecular weight is 460 g/mol. The lowest BCUT2D eigenvalue weighted by Crippen LogP contribution is -2.28. The topological polar surface area (TPSA) is 72.7 Å². The number of rotatable bonds is 7. The van der Waals surface area contributed by atoms with Gasteiger partial charge in [0.05, 0.1) is 28.5 Å². The number of hydrogen-bond donors (Lipinski definition) is 0. The Labute approximate surface area is 168 Å². The number of ether oxygens (including phenoxy) is 1. The standard InChI is InChI=1S/C17H16BrClN2O4S/c1-20(14-5-4-12(18)8-13(14)19)17(22)10-26-9-11-3-6-16(25-2)15(7-11)21(23)24/h3-8H,9-10H2,1-2H3. The highest BCUT2D eigenvalue weighted by Gasteiger charge is 2.17. The van der Waals surface area contributed by atoms with Crippen LogP contribution in [0.25, 0.3) is 0 Å². The van der Waals surface area contributed by atoms with Crippen LogP contribution in [0.5, 0.6) is 5.75 Å². The Balaban J connectivity index is 1.97. The van der Waals surface area contributed by atoms with E-state index in [1.165, 1.54) is 29.8 Å². The Kier molecular flexibility index (Phi) is 7.31. The van der Waals surface area contributed by atoms with E-state index < -0.39 is 4.92 Å². The Hall–Kier alpha value is -1.77. The van der Waals surface area contributed by atoms with Crippen molar-refractivity contribution in [2.24, 2.45) is 0 Å². The molecule has 0 aromatic heterocycles. The fourth-order valence-corrected chi connectivity index (χ4v) is 3.89. The predicted molar refractivity (Wildman–Crippen MR) is 108 cm³/mol. The number of nitrogens with zero attached hydrogens (tertiary/aromatic N) is 2. The number of benzene rings is 2. The lowest BCUT2D eigenvalue weighted by Gasteiger charge is -2.18. The third-order valence-electron chi connectivity index (χ3n) is 3.58. The first kappa shape index (κ1) is 20.5. The van der Waals surface area contributed by atoms with Crippen molar-refractivity contribution in [3.8, 4) is 5.75 Å². The van der Waals surface area contributed by atoms with Gasteiger partial charge in [-0.1, -0.05) is 33.6 Å². The molecule has 0 atom stereocenters. The molecule has 9 heteroatoms. The largest absolute Gasteiger partial charge is 0.490 e. The van der Waals surface area contributed by atoms with Gasteiger partial charge in [0.1, 0.15) is 0 Å². The molecule has 0 fully saturated rings. The van der Waals surface area contributed by atoms with Gasteiger partial charge in [-0.2, -0.15) is 0 Å². The second-order valence-electron chi connectivity index (χ2n) is 5.30. The summed E-state index contributed by atoms with van der Waals surface area (Å²) in [5.41, 5.74) is 1.29. The van der Waals surface area contributed by atoms with Gasteiger partial charge in [0, 0.05) is 23.3 Å². The van der Waals surface area contributed by atoms with Crippen molar-refractivity contribution in [2.75, 3.05) is 24.8 Å². The number of methoxy groups -OCH3 is 1. The Morgan fingerprint density at radius 1 is 1.35 bits per heavy atom. The van der Waals surface area contributed by atoms with Crippen LogP contribution in [0.3, 0.4) is 0 Å². The summed E-state index contributed by atoms with van der Waals surface area (Å²) in [7, 11) is 3.05. The zero-order chi connectivity index (χ0) is 19.3. The number of carbonyl (C=O) groups is 1. The van der Waals surface area contributed by atoms with Gasteiger partial charge in [0.15, 0.2) is 5.75 Å². The molecule has 6 nitrogen and oxygen atoms in total. The maximum Gasteiger partial charge on any atom is 0.311 e. The molecular formula is C17H16BrClN2O4S. The van der Waals surface area contributed by atoms with Gasteiger partial charge < -0.3 is 9.64 Å². The SMILES string of the molecule is COc1ccc(CSCC(=O)N(C)c2ccc(Br)cc2Cl)cc1[N+](=O)[O-]. The number of anilines is 1. The van der Waals surface area contributed by atoms with Gasteiger partial charge in [0.25, 0.3) is 0 Å². The predicted octanol–water partition coefficient (Wildman–Crippen LogP) is 4.92. The molecule has 1 amide bonds. The molecule has 0 bridgehead atoms. The van der Waals surface area contributed by atoms with Crippen molar-refractivity contribution in [3.05, 3.63) is 61.6 Å². The molecule has 138 valence electrons. The Morgan fingerprint density at radius 3 is 2.69 bits per heavy atom. The fraction of sp³-hybridized carbons (Fsp3) is 0.235. The van der Waals surface area contributed by atoms with Crippen molar-refractivity contribution >= 4 is 56.6 Å². The first-order chi connectivity index (χ1) is 12.3. The minimum Gasteiger partial charge on any atom is -0.490 e. The number of thioether (sulfide) groups is 1. The lowest BCUT2D eigenvalue weighted by atomic mass is 10.2. The fourth-order valence-electron chi connectivity index (χ4n) is 2.21. The number of halogens is 2. The van der Waals surface area contributed by atoms with Crippen LogP contribution >= 0.6 is 39.3 Å². The summed E-state index contributed by atoms with van der Waals surface area (Å²) in [6.45, 7) is 0. The van der Waals surface area contributed by atoms with Crippen molar-refractivity contribution < 1.29 is 14.5 Å². The molecule has 2 aromatic rings. The molecule has 0 radical (unpaired) electrons. The van der Waals surface area contributed by atoms with Crippen LogP contribution < -0.4 is 9.64 Å². The van der Waals surface area contributed by atoms with Gasteiger partial charge in [-0.05, 0) is 29.8 Å². The zero-order valence-corrected chi connectivity index (χ0v) is 17.2. The third kappa shape index (κ3) is 5.12. The highest BCUT2D eigenvalue weighted by Crippen LogP contribution is 2.30. The first-order valence-corrected chi connectivity index (χ1v) is 9.76. The van der Waals surface area contributed by atoms with Crippen molar-refractivity contribution in [1.29, 1.82) is 0 Å². The molecule has 26 heavy (non-hydrogen) atoms. The van der Waals surface area contributed by atoms with Gasteiger partial charge in [-0.25, -0.2) is 0 Å². The van der Waals surface area contributed by atoms with E-state index in [-0.39, 0.29) is 23.1 Å². The number of nitro groups is 1. The molecule has 0 spiro atoms. The molecule has 2 aromatic carbocycles. The normalized spacial score (nSPS) is 10.5. The number of hydrogen-bond acceptors (Lipinski definition) is 5. The smallest absolute Gasteiger partial charge is 0.311 e. The molecule has 0 N–H and O–H groups in total. The number of nitro benzene ring substituents is 1. The van der Waals surface area contributed by atoms with Gasteiger partial charge in [-0.3, -0.25) is 14.9 Å². The second-order valence-corrected chi connectivity index (χ2v) is 7.61. The minimum atomic E-state index is -0.485. The van der Waals surface area contributed by atoms with Crippen molar-refractivity contribution in [2.45, 2.75) is 5.75 Å². The maximum absolute atomic E-state index is 12.4. The first-order valence-electron chi connectivity index (χ1n) is 7.44. The summed E-state index contributed by atoms with van der Waals surface area (Å²) >= 11 is 10.9. The Morgan fingerprint density at radius 2 is 2.08 bits per heavy atom. The monoisotopic (exact) mass is 458 g/mol. The molecule has 2 rings (SSSR count). The van der Waals surface area contributed by atoms with Gasteiger partial charge >= 0.3 is 5.69 Å². The molecule has 0 saturated heterocycles. The van der Waals surface area contributed by atoms with Crippen LogP contribution in [0.2, 0.25) is 5.02 Å². The van der Waals surface area contributed by atoms with E-state index in [2.05, 4.69) is 15.9 Å². The number of amides is 1.